The molecule has 0 aliphatic heterocycles. The Kier molecular flexibility index (Phi) is 3.18. The third-order valence-electron chi connectivity index (χ3n) is 2.05. The molecule has 0 amide bonds. The summed E-state index contributed by atoms with van der Waals surface area (Å²) in [5.74, 6) is 0. The zero-order chi connectivity index (χ0) is 10.7. The minimum absolute atomic E-state index is 0.518. The Morgan fingerprint density at radius 3 is 2.67 bits per heavy atom. The van der Waals surface area contributed by atoms with E-state index >= 15 is 0 Å². The fourth-order valence-corrected chi connectivity index (χ4v) is 2.15. The molecule has 0 saturated heterocycles. The molecular formula is C10H10ClN3S. The van der Waals surface area contributed by atoms with Gasteiger partial charge in [-0.25, -0.2) is 0 Å². The first-order valence-electron chi connectivity index (χ1n) is 4.57. The first-order chi connectivity index (χ1) is 7.25. The molecule has 2 aromatic rings. The van der Waals surface area contributed by atoms with Crippen LogP contribution in [-0.4, -0.2) is 10.2 Å². The van der Waals surface area contributed by atoms with Crippen LogP contribution in [0.4, 0.5) is 5.13 Å². The maximum absolute atomic E-state index is 6.04. The molecule has 1 aromatic carbocycles. The highest BCUT2D eigenvalue weighted by molar-refractivity contribution is 7.15. The summed E-state index contributed by atoms with van der Waals surface area (Å²) in [5.41, 5.74) is 6.63. The Morgan fingerprint density at radius 2 is 2.00 bits per heavy atom. The number of aromatic nitrogens is 2. The summed E-state index contributed by atoms with van der Waals surface area (Å²) < 4.78 is 0. The molecule has 0 unspecified atom stereocenters. The van der Waals surface area contributed by atoms with Crippen molar-refractivity contribution >= 4 is 28.1 Å². The maximum atomic E-state index is 6.04. The lowest BCUT2D eigenvalue weighted by Crippen LogP contribution is -1.91. The van der Waals surface area contributed by atoms with Crippen molar-refractivity contribution < 1.29 is 0 Å². The number of aryl methyl sites for hydroxylation is 2. The molecule has 0 aliphatic rings. The van der Waals surface area contributed by atoms with Crippen LogP contribution in [-0.2, 0) is 12.8 Å². The van der Waals surface area contributed by atoms with E-state index in [1.165, 1.54) is 11.3 Å². The number of hydrogen-bond donors (Lipinski definition) is 1. The largest absolute Gasteiger partial charge is 0.374 e. The summed E-state index contributed by atoms with van der Waals surface area (Å²) in [4.78, 5) is 0. The molecule has 1 aromatic heterocycles. The molecule has 0 saturated carbocycles. The number of nitrogen functional groups attached to an aromatic ring is 1. The second-order valence-electron chi connectivity index (χ2n) is 3.13. The highest BCUT2D eigenvalue weighted by Crippen LogP contribution is 2.19. The van der Waals surface area contributed by atoms with Gasteiger partial charge in [-0.1, -0.05) is 41.1 Å². The van der Waals surface area contributed by atoms with Gasteiger partial charge in [0.1, 0.15) is 5.01 Å². The van der Waals surface area contributed by atoms with E-state index in [0.29, 0.717) is 5.13 Å². The molecule has 3 nitrogen and oxygen atoms in total. The van der Waals surface area contributed by atoms with Crippen molar-refractivity contribution in [2.45, 2.75) is 12.8 Å². The van der Waals surface area contributed by atoms with Gasteiger partial charge in [-0.05, 0) is 18.1 Å². The first-order valence-corrected chi connectivity index (χ1v) is 5.76. The Balaban J connectivity index is 2.02. The number of nitrogens with zero attached hydrogens (tertiary/aromatic N) is 2. The van der Waals surface area contributed by atoms with Crippen molar-refractivity contribution in [1.29, 1.82) is 0 Å². The highest BCUT2D eigenvalue weighted by atomic mass is 35.5. The SMILES string of the molecule is Nc1nnc(CCc2ccccc2Cl)s1. The van der Waals surface area contributed by atoms with Gasteiger partial charge >= 0.3 is 0 Å². The number of benzene rings is 1. The Bertz CT molecular complexity index is 455. The lowest BCUT2D eigenvalue weighted by Gasteiger charge is -2.00. The monoisotopic (exact) mass is 239 g/mol. The van der Waals surface area contributed by atoms with Crippen molar-refractivity contribution in [3.05, 3.63) is 39.9 Å². The molecular weight excluding hydrogens is 230 g/mol. The Hall–Kier alpha value is -1.13. The van der Waals surface area contributed by atoms with Crippen molar-refractivity contribution in [1.82, 2.24) is 10.2 Å². The minimum atomic E-state index is 0.518. The van der Waals surface area contributed by atoms with Gasteiger partial charge in [0.25, 0.3) is 0 Å². The Morgan fingerprint density at radius 1 is 1.20 bits per heavy atom. The predicted molar refractivity (Wildman–Crippen MR) is 63.2 cm³/mol. The number of hydrogen-bond acceptors (Lipinski definition) is 4. The second kappa shape index (κ2) is 4.59. The van der Waals surface area contributed by atoms with Crippen molar-refractivity contribution in [3.63, 3.8) is 0 Å². The van der Waals surface area contributed by atoms with Crippen LogP contribution in [0.5, 0.6) is 0 Å². The van der Waals surface area contributed by atoms with Crippen LogP contribution in [0.3, 0.4) is 0 Å². The zero-order valence-corrected chi connectivity index (χ0v) is 9.55. The fraction of sp³-hybridized carbons (Fsp3) is 0.200. The molecule has 0 fully saturated rings. The number of halogens is 1. The molecule has 15 heavy (non-hydrogen) atoms. The molecule has 5 heteroatoms. The van der Waals surface area contributed by atoms with Gasteiger partial charge < -0.3 is 5.73 Å². The van der Waals surface area contributed by atoms with Crippen LogP contribution in [0, 0.1) is 0 Å². The van der Waals surface area contributed by atoms with Gasteiger partial charge in [0.15, 0.2) is 0 Å². The van der Waals surface area contributed by atoms with Gasteiger partial charge in [0.05, 0.1) is 0 Å². The van der Waals surface area contributed by atoms with E-state index in [1.807, 2.05) is 24.3 Å². The molecule has 0 bridgehead atoms. The van der Waals surface area contributed by atoms with E-state index in [9.17, 15) is 0 Å². The van der Waals surface area contributed by atoms with Crippen molar-refractivity contribution in [3.8, 4) is 0 Å². The van der Waals surface area contributed by atoms with Gasteiger partial charge in [0.2, 0.25) is 5.13 Å². The first kappa shape index (κ1) is 10.4. The summed E-state index contributed by atoms with van der Waals surface area (Å²) in [6.07, 6.45) is 1.70. The number of nitrogens with two attached hydrogens (primary N) is 1. The van der Waals surface area contributed by atoms with Crippen LogP contribution < -0.4 is 5.73 Å². The number of anilines is 1. The third-order valence-corrected chi connectivity index (χ3v) is 3.23. The van der Waals surface area contributed by atoms with Crippen LogP contribution in [0.25, 0.3) is 0 Å². The summed E-state index contributed by atoms with van der Waals surface area (Å²) >= 11 is 7.46. The average Bonchev–Trinajstić information content (AvgIpc) is 2.63. The fourth-order valence-electron chi connectivity index (χ4n) is 1.31. The van der Waals surface area contributed by atoms with Gasteiger partial charge in [-0.2, -0.15) is 0 Å². The third kappa shape index (κ3) is 2.67. The molecule has 2 rings (SSSR count). The molecule has 0 radical (unpaired) electrons. The Labute approximate surface area is 96.9 Å². The van der Waals surface area contributed by atoms with E-state index in [2.05, 4.69) is 10.2 Å². The van der Waals surface area contributed by atoms with E-state index < -0.39 is 0 Å². The van der Waals surface area contributed by atoms with Gasteiger partial charge in [-0.3, -0.25) is 0 Å². The molecule has 0 atom stereocenters. The van der Waals surface area contributed by atoms with Crippen molar-refractivity contribution in [2.24, 2.45) is 0 Å². The van der Waals surface area contributed by atoms with Gasteiger partial charge in [-0.15, -0.1) is 10.2 Å². The summed E-state index contributed by atoms with van der Waals surface area (Å²) in [7, 11) is 0. The van der Waals surface area contributed by atoms with E-state index in [4.69, 9.17) is 17.3 Å². The quantitative estimate of drug-likeness (QED) is 0.896. The predicted octanol–water partition coefficient (Wildman–Crippen LogP) is 2.56. The summed E-state index contributed by atoms with van der Waals surface area (Å²) in [6, 6.07) is 7.82. The molecule has 1 heterocycles. The standard InChI is InChI=1S/C10H10ClN3S/c11-8-4-2-1-3-7(8)5-6-9-13-14-10(12)15-9/h1-4H,5-6H2,(H2,12,14). The molecule has 0 spiro atoms. The van der Waals surface area contributed by atoms with E-state index in [-0.39, 0.29) is 0 Å². The number of rotatable bonds is 3. The van der Waals surface area contributed by atoms with Gasteiger partial charge in [0, 0.05) is 11.4 Å². The average molecular weight is 240 g/mol. The second-order valence-corrected chi connectivity index (χ2v) is 4.63. The lowest BCUT2D eigenvalue weighted by atomic mass is 10.1. The highest BCUT2D eigenvalue weighted by Gasteiger charge is 2.03. The normalized spacial score (nSPS) is 10.5. The summed E-state index contributed by atoms with van der Waals surface area (Å²) in [6.45, 7) is 0. The van der Waals surface area contributed by atoms with E-state index in [0.717, 1.165) is 28.4 Å². The van der Waals surface area contributed by atoms with Crippen LogP contribution >= 0.6 is 22.9 Å². The smallest absolute Gasteiger partial charge is 0.203 e. The topological polar surface area (TPSA) is 51.8 Å². The maximum Gasteiger partial charge on any atom is 0.203 e. The van der Waals surface area contributed by atoms with Crippen LogP contribution in [0.2, 0.25) is 5.02 Å². The van der Waals surface area contributed by atoms with E-state index in [1.54, 1.807) is 0 Å². The lowest BCUT2D eigenvalue weighted by molar-refractivity contribution is 0.906. The van der Waals surface area contributed by atoms with Crippen molar-refractivity contribution in [2.75, 3.05) is 5.73 Å². The molecule has 0 aliphatic carbocycles. The summed E-state index contributed by atoms with van der Waals surface area (Å²) in [5, 5.41) is 10.00. The minimum Gasteiger partial charge on any atom is -0.374 e. The van der Waals surface area contributed by atoms with Crippen LogP contribution in [0.15, 0.2) is 24.3 Å². The van der Waals surface area contributed by atoms with Crippen LogP contribution in [0.1, 0.15) is 10.6 Å². The molecule has 78 valence electrons. The molecule has 2 N–H and O–H groups in total. The zero-order valence-electron chi connectivity index (χ0n) is 7.98.